The number of hydrogen-bond donors (Lipinski definition) is 2. The number of aromatic nitrogens is 3. The van der Waals surface area contributed by atoms with E-state index in [2.05, 4.69) is 25.4 Å². The molecule has 1 atom stereocenters. The Morgan fingerprint density at radius 2 is 2.04 bits per heavy atom. The highest BCUT2D eigenvalue weighted by molar-refractivity contribution is 5.75. The maximum absolute atomic E-state index is 12.7. The summed E-state index contributed by atoms with van der Waals surface area (Å²) in [5, 5.41) is 10.4. The third kappa shape index (κ3) is 4.28. The molecule has 2 saturated heterocycles. The van der Waals surface area contributed by atoms with Gasteiger partial charge >= 0.3 is 6.03 Å². The molecule has 144 valence electrons. The van der Waals surface area contributed by atoms with Gasteiger partial charge < -0.3 is 15.0 Å². The van der Waals surface area contributed by atoms with Crippen LogP contribution in [0.3, 0.4) is 0 Å². The molecule has 2 amide bonds. The maximum Gasteiger partial charge on any atom is 0.318 e. The van der Waals surface area contributed by atoms with Crippen LogP contribution < -0.4 is 5.32 Å². The molecule has 3 heterocycles. The summed E-state index contributed by atoms with van der Waals surface area (Å²) in [6.45, 7) is 5.66. The fourth-order valence-corrected chi connectivity index (χ4v) is 3.68. The van der Waals surface area contributed by atoms with Crippen LogP contribution in [0.2, 0.25) is 0 Å². The lowest BCUT2D eigenvalue weighted by atomic mass is 10.2. The monoisotopic (exact) mass is 370 g/mol. The molecule has 1 unspecified atom stereocenters. The number of carbonyl (C=O) groups is 1. The number of benzene rings is 1. The number of hydrogen-bond acceptors (Lipinski definition) is 5. The van der Waals surface area contributed by atoms with Gasteiger partial charge in [0.05, 0.1) is 19.3 Å². The lowest BCUT2D eigenvalue weighted by molar-refractivity contribution is 0.0385. The molecule has 0 saturated carbocycles. The van der Waals surface area contributed by atoms with Crippen LogP contribution >= 0.6 is 0 Å². The molecule has 2 aliphatic heterocycles. The molecule has 0 radical (unpaired) electrons. The molecule has 1 aromatic heterocycles. The Kier molecular flexibility index (Phi) is 5.64. The third-order valence-electron chi connectivity index (χ3n) is 5.17. The first kappa shape index (κ1) is 17.9. The molecule has 4 rings (SSSR count). The minimum absolute atomic E-state index is 0.0246. The van der Waals surface area contributed by atoms with Gasteiger partial charge in [-0.05, 0) is 12.8 Å². The van der Waals surface area contributed by atoms with Crippen molar-refractivity contribution in [1.29, 1.82) is 0 Å². The van der Waals surface area contributed by atoms with Gasteiger partial charge in [-0.15, -0.1) is 0 Å². The summed E-state index contributed by atoms with van der Waals surface area (Å²) in [4.78, 5) is 21.5. The molecule has 8 heteroatoms. The number of nitrogens with one attached hydrogen (secondary N) is 2. The summed E-state index contributed by atoms with van der Waals surface area (Å²) in [7, 11) is 0. The second kappa shape index (κ2) is 8.49. The number of rotatable bonds is 5. The first-order chi connectivity index (χ1) is 13.3. The van der Waals surface area contributed by atoms with E-state index in [-0.39, 0.29) is 12.1 Å². The smallest absolute Gasteiger partial charge is 0.318 e. The minimum Gasteiger partial charge on any atom is -0.379 e. The average Bonchev–Trinajstić information content (AvgIpc) is 3.39. The molecule has 0 aliphatic carbocycles. The number of ether oxygens (including phenoxy) is 1. The van der Waals surface area contributed by atoms with Gasteiger partial charge in [-0.1, -0.05) is 30.3 Å². The Balaban J connectivity index is 1.34. The zero-order valence-corrected chi connectivity index (χ0v) is 15.4. The van der Waals surface area contributed by atoms with E-state index in [0.717, 1.165) is 63.6 Å². The number of aromatic amines is 1. The minimum atomic E-state index is -0.0432. The van der Waals surface area contributed by atoms with Crippen molar-refractivity contribution in [2.75, 3.05) is 45.9 Å². The van der Waals surface area contributed by atoms with Crippen molar-refractivity contribution in [3.05, 3.63) is 36.2 Å². The average molecular weight is 370 g/mol. The van der Waals surface area contributed by atoms with Crippen molar-refractivity contribution in [2.24, 2.45) is 0 Å². The highest BCUT2D eigenvalue weighted by Crippen LogP contribution is 2.30. The molecule has 8 nitrogen and oxygen atoms in total. The van der Waals surface area contributed by atoms with Crippen molar-refractivity contribution in [1.82, 2.24) is 30.3 Å². The summed E-state index contributed by atoms with van der Waals surface area (Å²) in [6, 6.07) is 9.80. The number of nitrogens with zero attached hydrogens (tertiary/aromatic N) is 4. The first-order valence-electron chi connectivity index (χ1n) is 9.63. The molecule has 0 bridgehead atoms. The standard InChI is InChI=1S/C19H26N6O2/c26-19(20-8-10-24-11-13-27-14-12-24)25-9-4-7-16(25)18-21-17(22-23-18)15-5-2-1-3-6-15/h1-3,5-6,16H,4,7-14H2,(H,20,26)(H,21,22,23). The molecular weight excluding hydrogens is 344 g/mol. The second-order valence-electron chi connectivity index (χ2n) is 6.95. The highest BCUT2D eigenvalue weighted by Gasteiger charge is 2.32. The van der Waals surface area contributed by atoms with Gasteiger partial charge in [0.15, 0.2) is 5.82 Å². The summed E-state index contributed by atoms with van der Waals surface area (Å²) in [5.41, 5.74) is 0.972. The van der Waals surface area contributed by atoms with Crippen LogP contribution in [0.4, 0.5) is 4.79 Å². The van der Waals surface area contributed by atoms with E-state index >= 15 is 0 Å². The lowest BCUT2D eigenvalue weighted by Crippen LogP contribution is -2.45. The number of urea groups is 1. The van der Waals surface area contributed by atoms with Crippen LogP contribution in [0.5, 0.6) is 0 Å². The summed E-state index contributed by atoms with van der Waals surface area (Å²) in [5.74, 6) is 1.43. The zero-order valence-electron chi connectivity index (χ0n) is 15.4. The van der Waals surface area contributed by atoms with E-state index in [0.29, 0.717) is 12.4 Å². The van der Waals surface area contributed by atoms with Crippen LogP contribution in [0.15, 0.2) is 30.3 Å². The highest BCUT2D eigenvalue weighted by atomic mass is 16.5. The van der Waals surface area contributed by atoms with Gasteiger partial charge in [-0.2, -0.15) is 5.10 Å². The van der Waals surface area contributed by atoms with E-state index in [4.69, 9.17) is 4.74 Å². The van der Waals surface area contributed by atoms with Crippen molar-refractivity contribution >= 4 is 6.03 Å². The lowest BCUT2D eigenvalue weighted by Gasteiger charge is -2.27. The summed E-state index contributed by atoms with van der Waals surface area (Å²) < 4.78 is 5.35. The molecule has 2 aliphatic rings. The fourth-order valence-electron chi connectivity index (χ4n) is 3.68. The second-order valence-corrected chi connectivity index (χ2v) is 6.95. The fraction of sp³-hybridized carbons (Fsp3) is 0.526. The normalized spacial score (nSPS) is 20.7. The summed E-state index contributed by atoms with van der Waals surface area (Å²) >= 11 is 0. The van der Waals surface area contributed by atoms with E-state index in [1.807, 2.05) is 35.2 Å². The first-order valence-corrected chi connectivity index (χ1v) is 9.63. The van der Waals surface area contributed by atoms with Crippen LogP contribution in [0, 0.1) is 0 Å². The van der Waals surface area contributed by atoms with Crippen molar-refractivity contribution in [2.45, 2.75) is 18.9 Å². The van der Waals surface area contributed by atoms with E-state index in [1.165, 1.54) is 0 Å². The third-order valence-corrected chi connectivity index (χ3v) is 5.17. The Labute approximate surface area is 158 Å². The van der Waals surface area contributed by atoms with Crippen LogP contribution in [0.25, 0.3) is 11.4 Å². The molecule has 1 aromatic carbocycles. The van der Waals surface area contributed by atoms with E-state index in [9.17, 15) is 4.79 Å². The Morgan fingerprint density at radius 1 is 1.22 bits per heavy atom. The van der Waals surface area contributed by atoms with Gasteiger partial charge in [-0.3, -0.25) is 10.00 Å². The molecule has 27 heavy (non-hydrogen) atoms. The van der Waals surface area contributed by atoms with Gasteiger partial charge in [0.1, 0.15) is 5.82 Å². The molecule has 2 fully saturated rings. The number of morpholine rings is 1. The van der Waals surface area contributed by atoms with Crippen LogP contribution in [0.1, 0.15) is 24.7 Å². The molecule has 0 spiro atoms. The van der Waals surface area contributed by atoms with E-state index < -0.39 is 0 Å². The maximum atomic E-state index is 12.7. The Hall–Kier alpha value is -2.45. The SMILES string of the molecule is O=C(NCCN1CCOCC1)N1CCCC1c1nc(-c2ccccc2)n[nH]1. The predicted octanol–water partition coefficient (Wildman–Crippen LogP) is 1.65. The molecule has 2 N–H and O–H groups in total. The number of carbonyl (C=O) groups excluding carboxylic acids is 1. The predicted molar refractivity (Wildman–Crippen MR) is 101 cm³/mol. The Morgan fingerprint density at radius 3 is 2.85 bits per heavy atom. The van der Waals surface area contributed by atoms with Crippen molar-refractivity contribution in [3.8, 4) is 11.4 Å². The van der Waals surface area contributed by atoms with Crippen molar-refractivity contribution in [3.63, 3.8) is 0 Å². The Bertz CT molecular complexity index is 744. The van der Waals surface area contributed by atoms with Gasteiger partial charge in [-0.25, -0.2) is 9.78 Å². The molecular formula is C19H26N6O2. The quantitative estimate of drug-likeness (QED) is 0.836. The number of amides is 2. The number of H-pyrrole nitrogens is 1. The van der Waals surface area contributed by atoms with Crippen LogP contribution in [-0.2, 0) is 4.74 Å². The van der Waals surface area contributed by atoms with Crippen LogP contribution in [-0.4, -0.2) is 76.9 Å². The molecule has 2 aromatic rings. The van der Waals surface area contributed by atoms with Gasteiger partial charge in [0, 0.05) is 38.3 Å². The van der Waals surface area contributed by atoms with E-state index in [1.54, 1.807) is 0 Å². The summed E-state index contributed by atoms with van der Waals surface area (Å²) in [6.07, 6.45) is 1.88. The zero-order chi connectivity index (χ0) is 18.5. The number of likely N-dealkylation sites (tertiary alicyclic amines) is 1. The van der Waals surface area contributed by atoms with Gasteiger partial charge in [0.2, 0.25) is 0 Å². The largest absolute Gasteiger partial charge is 0.379 e. The van der Waals surface area contributed by atoms with Gasteiger partial charge in [0.25, 0.3) is 0 Å². The van der Waals surface area contributed by atoms with Crippen molar-refractivity contribution < 1.29 is 9.53 Å². The topological polar surface area (TPSA) is 86.4 Å².